The third-order valence-electron chi connectivity index (χ3n) is 5.95. The normalized spacial score (nSPS) is 18.3. The SMILES string of the molecule is Cc1nc2c(n1C)C(C=O)C1=C(C(=O)c3ccccc3C1=O)/C2=N/OCc1ccccc1. The van der Waals surface area contributed by atoms with Gasteiger partial charge in [0.2, 0.25) is 0 Å². The number of ketones is 2. The summed E-state index contributed by atoms with van der Waals surface area (Å²) < 4.78 is 1.75. The number of benzene rings is 2. The van der Waals surface area contributed by atoms with Crippen LogP contribution in [0, 0.1) is 6.92 Å². The first kappa shape index (κ1) is 19.8. The predicted molar refractivity (Wildman–Crippen MR) is 117 cm³/mol. The highest BCUT2D eigenvalue weighted by atomic mass is 16.6. The van der Waals surface area contributed by atoms with Gasteiger partial charge in [-0.1, -0.05) is 59.8 Å². The molecule has 1 heterocycles. The Morgan fingerprint density at radius 1 is 1.03 bits per heavy atom. The van der Waals surface area contributed by atoms with Crippen molar-refractivity contribution >= 4 is 23.6 Å². The summed E-state index contributed by atoms with van der Waals surface area (Å²) in [7, 11) is 1.77. The molecule has 32 heavy (non-hydrogen) atoms. The molecule has 0 aliphatic heterocycles. The molecule has 0 saturated heterocycles. The van der Waals surface area contributed by atoms with Gasteiger partial charge in [0.25, 0.3) is 0 Å². The van der Waals surface area contributed by atoms with E-state index in [1.807, 2.05) is 30.3 Å². The van der Waals surface area contributed by atoms with Crippen LogP contribution in [0.2, 0.25) is 0 Å². The second-order valence-electron chi connectivity index (χ2n) is 7.76. The molecule has 2 aliphatic rings. The van der Waals surface area contributed by atoms with E-state index < -0.39 is 5.92 Å². The minimum atomic E-state index is -0.913. The van der Waals surface area contributed by atoms with E-state index in [0.29, 0.717) is 23.5 Å². The quantitative estimate of drug-likeness (QED) is 0.472. The molecule has 1 unspecified atom stereocenters. The van der Waals surface area contributed by atoms with E-state index in [0.717, 1.165) is 5.56 Å². The van der Waals surface area contributed by atoms with Gasteiger partial charge in [-0.25, -0.2) is 4.98 Å². The predicted octanol–water partition coefficient (Wildman–Crippen LogP) is 3.32. The summed E-state index contributed by atoms with van der Waals surface area (Å²) in [5.41, 5.74) is 2.78. The molecule has 7 nitrogen and oxygen atoms in total. The lowest BCUT2D eigenvalue weighted by molar-refractivity contribution is -0.108. The van der Waals surface area contributed by atoms with Gasteiger partial charge in [-0.3, -0.25) is 9.59 Å². The Morgan fingerprint density at radius 2 is 1.69 bits per heavy atom. The van der Waals surface area contributed by atoms with Crippen molar-refractivity contribution in [3.8, 4) is 0 Å². The second kappa shape index (κ2) is 7.53. The monoisotopic (exact) mass is 425 g/mol. The molecule has 0 radical (unpaired) electrons. The summed E-state index contributed by atoms with van der Waals surface area (Å²) in [6.07, 6.45) is 0.690. The molecule has 0 bridgehead atoms. The Kier molecular flexibility index (Phi) is 4.66. The molecule has 5 rings (SSSR count). The summed E-state index contributed by atoms with van der Waals surface area (Å²) in [4.78, 5) is 49.3. The first-order chi connectivity index (χ1) is 15.5. The van der Waals surface area contributed by atoms with Crippen LogP contribution >= 0.6 is 0 Å². The van der Waals surface area contributed by atoms with Crippen LogP contribution in [0.3, 0.4) is 0 Å². The Labute approximate surface area is 184 Å². The van der Waals surface area contributed by atoms with E-state index in [-0.39, 0.29) is 46.2 Å². The van der Waals surface area contributed by atoms with E-state index >= 15 is 0 Å². The van der Waals surface area contributed by atoms with E-state index in [1.54, 1.807) is 42.8 Å². The van der Waals surface area contributed by atoms with E-state index in [1.165, 1.54) is 0 Å². The van der Waals surface area contributed by atoms with Crippen LogP contribution in [0.15, 0.2) is 70.9 Å². The van der Waals surface area contributed by atoms with Crippen LogP contribution in [-0.2, 0) is 23.3 Å². The van der Waals surface area contributed by atoms with Gasteiger partial charge in [-0.05, 0) is 12.5 Å². The lowest BCUT2D eigenvalue weighted by atomic mass is 9.72. The molecule has 3 aromatic rings. The van der Waals surface area contributed by atoms with Crippen molar-refractivity contribution in [1.29, 1.82) is 0 Å². The number of aldehydes is 1. The maximum absolute atomic E-state index is 13.5. The van der Waals surface area contributed by atoms with Crippen molar-refractivity contribution in [1.82, 2.24) is 9.55 Å². The maximum Gasteiger partial charge on any atom is 0.196 e. The van der Waals surface area contributed by atoms with Gasteiger partial charge in [0.15, 0.2) is 11.6 Å². The number of nitrogens with zero attached hydrogens (tertiary/aromatic N) is 3. The number of aryl methyl sites for hydroxylation is 1. The fourth-order valence-corrected chi connectivity index (χ4v) is 4.31. The third kappa shape index (κ3) is 2.85. The van der Waals surface area contributed by atoms with Crippen LogP contribution in [0.4, 0.5) is 0 Å². The zero-order valence-electron chi connectivity index (χ0n) is 17.5. The highest BCUT2D eigenvalue weighted by Gasteiger charge is 2.45. The van der Waals surface area contributed by atoms with Crippen molar-refractivity contribution in [3.63, 3.8) is 0 Å². The number of carbonyl (C=O) groups is 3. The first-order valence-corrected chi connectivity index (χ1v) is 10.2. The second-order valence-corrected chi connectivity index (χ2v) is 7.76. The minimum absolute atomic E-state index is 0.0875. The van der Waals surface area contributed by atoms with Gasteiger partial charge in [0, 0.05) is 23.7 Å². The highest BCUT2D eigenvalue weighted by Crippen LogP contribution is 2.41. The van der Waals surface area contributed by atoms with E-state index in [2.05, 4.69) is 10.1 Å². The average molecular weight is 425 g/mol. The third-order valence-corrected chi connectivity index (χ3v) is 5.95. The fraction of sp³-hybridized carbons (Fsp3) is 0.160. The largest absolute Gasteiger partial charge is 0.390 e. The van der Waals surface area contributed by atoms with Crippen molar-refractivity contribution in [2.24, 2.45) is 12.2 Å². The van der Waals surface area contributed by atoms with Crippen molar-refractivity contribution < 1.29 is 19.2 Å². The van der Waals surface area contributed by atoms with Gasteiger partial charge in [-0.2, -0.15) is 0 Å². The van der Waals surface area contributed by atoms with E-state index in [9.17, 15) is 14.4 Å². The number of imidazole rings is 1. The number of aromatic nitrogens is 2. The number of hydrogen-bond acceptors (Lipinski definition) is 6. The molecule has 0 N–H and O–H groups in total. The minimum Gasteiger partial charge on any atom is -0.390 e. The molecule has 1 aromatic heterocycles. The zero-order valence-corrected chi connectivity index (χ0v) is 17.5. The van der Waals surface area contributed by atoms with Crippen LogP contribution in [0.1, 0.15) is 49.4 Å². The number of hydrogen-bond donors (Lipinski definition) is 0. The van der Waals surface area contributed by atoms with Crippen LogP contribution in [0.25, 0.3) is 0 Å². The number of rotatable bonds is 4. The van der Waals surface area contributed by atoms with Gasteiger partial charge in [0.1, 0.15) is 30.1 Å². The summed E-state index contributed by atoms with van der Waals surface area (Å²) in [6.45, 7) is 1.98. The standard InChI is InChI=1S/C25H19N3O4/c1-14-26-22-21(27-32-13-15-8-4-3-5-9-15)20-19(18(12-29)23(22)28(14)2)24(30)16-10-6-7-11-17(16)25(20)31/h3-12,18H,13H2,1-2H3/b27-21-. The molecular formula is C25H19N3O4. The summed E-state index contributed by atoms with van der Waals surface area (Å²) >= 11 is 0. The topological polar surface area (TPSA) is 90.6 Å². The Balaban J connectivity index is 1.70. The molecule has 0 saturated carbocycles. The van der Waals surface area contributed by atoms with Crippen molar-refractivity contribution in [3.05, 3.63) is 99.6 Å². The van der Waals surface area contributed by atoms with Gasteiger partial charge < -0.3 is 14.2 Å². The lowest BCUT2D eigenvalue weighted by Crippen LogP contribution is -2.35. The first-order valence-electron chi connectivity index (χ1n) is 10.2. The summed E-state index contributed by atoms with van der Waals surface area (Å²) in [5, 5.41) is 4.28. The molecule has 2 aromatic carbocycles. The Bertz CT molecular complexity index is 1350. The van der Waals surface area contributed by atoms with Crippen LogP contribution in [0.5, 0.6) is 0 Å². The number of fused-ring (bicyclic) bond motifs is 2. The lowest BCUT2D eigenvalue weighted by Gasteiger charge is -2.29. The maximum atomic E-state index is 13.5. The van der Waals surface area contributed by atoms with Gasteiger partial charge >= 0.3 is 0 Å². The molecule has 158 valence electrons. The molecule has 2 aliphatic carbocycles. The highest BCUT2D eigenvalue weighted by molar-refractivity contribution is 6.42. The van der Waals surface area contributed by atoms with Gasteiger partial charge in [0.05, 0.1) is 17.2 Å². The molecule has 0 amide bonds. The molecule has 7 heteroatoms. The van der Waals surface area contributed by atoms with Crippen molar-refractivity contribution in [2.45, 2.75) is 19.4 Å². The Hall–Kier alpha value is -4.13. The summed E-state index contributed by atoms with van der Waals surface area (Å²) in [6, 6.07) is 16.1. The Morgan fingerprint density at radius 3 is 2.38 bits per heavy atom. The van der Waals surface area contributed by atoms with Crippen molar-refractivity contribution in [2.75, 3.05) is 0 Å². The number of Topliss-reactive ketones (excluding diaryl/α,β-unsaturated/α-hetero) is 2. The molecule has 0 fully saturated rings. The van der Waals surface area contributed by atoms with Gasteiger partial charge in [-0.15, -0.1) is 0 Å². The number of carbonyl (C=O) groups excluding carboxylic acids is 3. The average Bonchev–Trinajstić information content (AvgIpc) is 3.12. The zero-order chi connectivity index (χ0) is 22.4. The number of oxime groups is 1. The smallest absolute Gasteiger partial charge is 0.196 e. The van der Waals surface area contributed by atoms with E-state index in [4.69, 9.17) is 4.84 Å². The fourth-order valence-electron chi connectivity index (χ4n) is 4.31. The van der Waals surface area contributed by atoms with Crippen LogP contribution < -0.4 is 0 Å². The molecule has 1 atom stereocenters. The van der Waals surface area contributed by atoms with Crippen LogP contribution in [-0.4, -0.2) is 33.1 Å². The molecule has 0 spiro atoms. The summed E-state index contributed by atoms with van der Waals surface area (Å²) in [5.74, 6) is -0.996. The number of allylic oxidation sites excluding steroid dienone is 2. The molecular weight excluding hydrogens is 406 g/mol.